The van der Waals surface area contributed by atoms with Crippen LogP contribution in [0.3, 0.4) is 0 Å². The number of aryl methyl sites for hydroxylation is 1. The van der Waals surface area contributed by atoms with Gasteiger partial charge in [0.05, 0.1) is 16.9 Å². The first-order chi connectivity index (χ1) is 11.2. The van der Waals surface area contributed by atoms with Crippen LogP contribution in [-0.2, 0) is 6.42 Å². The van der Waals surface area contributed by atoms with Crippen LogP contribution in [-0.4, -0.2) is 14.9 Å². The van der Waals surface area contributed by atoms with Crippen molar-refractivity contribution in [2.75, 3.05) is 0 Å². The number of aromatic hydroxyl groups is 1. The molecule has 0 fully saturated rings. The summed E-state index contributed by atoms with van der Waals surface area (Å²) in [5.74, 6) is 0.101. The number of benzene rings is 2. The first-order valence-corrected chi connectivity index (χ1v) is 8.14. The van der Waals surface area contributed by atoms with Crippen molar-refractivity contribution in [3.05, 3.63) is 65.9 Å². The Balaban J connectivity index is 2.15. The van der Waals surface area contributed by atoms with Crippen LogP contribution in [0.5, 0.6) is 5.88 Å². The van der Waals surface area contributed by atoms with Crippen LogP contribution in [0.2, 0.25) is 0 Å². The molecule has 0 amide bonds. The predicted octanol–water partition coefficient (Wildman–Crippen LogP) is 4.90. The monoisotopic (exact) mass is 306 g/mol. The van der Waals surface area contributed by atoms with Crippen LogP contribution < -0.4 is 0 Å². The Morgan fingerprint density at radius 2 is 1.70 bits per heavy atom. The van der Waals surface area contributed by atoms with E-state index in [2.05, 4.69) is 43.2 Å². The van der Waals surface area contributed by atoms with Gasteiger partial charge in [0.2, 0.25) is 5.88 Å². The van der Waals surface area contributed by atoms with Crippen molar-refractivity contribution in [3.63, 3.8) is 0 Å². The Hall–Kier alpha value is -2.55. The van der Waals surface area contributed by atoms with Crippen molar-refractivity contribution in [3.8, 4) is 22.7 Å². The van der Waals surface area contributed by atoms with Gasteiger partial charge in [0.1, 0.15) is 0 Å². The Morgan fingerprint density at radius 1 is 1.00 bits per heavy atom. The maximum Gasteiger partial charge on any atom is 0.239 e. The van der Waals surface area contributed by atoms with Gasteiger partial charge in [-0.05, 0) is 37.5 Å². The number of nitrogens with zero attached hydrogens (tertiary/aromatic N) is 2. The molecule has 118 valence electrons. The highest BCUT2D eigenvalue weighted by molar-refractivity contribution is 5.72. The van der Waals surface area contributed by atoms with E-state index in [0.29, 0.717) is 0 Å². The molecule has 0 atom stereocenters. The molecule has 3 heteroatoms. The molecular weight excluding hydrogens is 284 g/mol. The summed E-state index contributed by atoms with van der Waals surface area (Å²) in [6.45, 7) is 4.24. The Morgan fingerprint density at radius 3 is 2.35 bits per heavy atom. The average molecular weight is 306 g/mol. The summed E-state index contributed by atoms with van der Waals surface area (Å²) in [6.07, 6.45) is 3.06. The topological polar surface area (TPSA) is 38.1 Å². The Labute approximate surface area is 137 Å². The molecule has 2 aromatic carbocycles. The normalized spacial score (nSPS) is 10.9. The number of aromatic nitrogens is 2. The van der Waals surface area contributed by atoms with Crippen LogP contribution in [0.4, 0.5) is 0 Å². The minimum Gasteiger partial charge on any atom is -0.492 e. The van der Waals surface area contributed by atoms with Gasteiger partial charge in [-0.3, -0.25) is 0 Å². The SMILES string of the molecule is CCCCc1c(-c2ccc(C)cc2)c(O)nn1-c1ccccc1. The van der Waals surface area contributed by atoms with Gasteiger partial charge >= 0.3 is 0 Å². The van der Waals surface area contributed by atoms with E-state index in [0.717, 1.165) is 41.8 Å². The molecule has 0 radical (unpaired) electrons. The van der Waals surface area contributed by atoms with Crippen LogP contribution in [0.25, 0.3) is 16.8 Å². The van der Waals surface area contributed by atoms with Gasteiger partial charge in [0, 0.05) is 0 Å². The van der Waals surface area contributed by atoms with Crippen molar-refractivity contribution in [2.45, 2.75) is 33.1 Å². The van der Waals surface area contributed by atoms with Gasteiger partial charge < -0.3 is 5.11 Å². The van der Waals surface area contributed by atoms with E-state index in [1.807, 2.05) is 35.0 Å². The molecule has 0 spiro atoms. The lowest BCUT2D eigenvalue weighted by Gasteiger charge is -2.09. The van der Waals surface area contributed by atoms with Gasteiger partial charge in [0.25, 0.3) is 0 Å². The standard InChI is InChI=1S/C20H22N2O/c1-3-4-10-18-19(16-13-11-15(2)12-14-16)20(23)21-22(18)17-8-6-5-7-9-17/h5-9,11-14H,3-4,10H2,1-2H3,(H,21,23). The van der Waals surface area contributed by atoms with E-state index in [1.165, 1.54) is 5.56 Å². The minimum atomic E-state index is 0.101. The van der Waals surface area contributed by atoms with Crippen LogP contribution in [0, 0.1) is 6.92 Å². The summed E-state index contributed by atoms with van der Waals surface area (Å²) in [5.41, 5.74) is 5.12. The maximum atomic E-state index is 10.5. The predicted molar refractivity (Wildman–Crippen MR) is 94.0 cm³/mol. The fourth-order valence-electron chi connectivity index (χ4n) is 2.81. The van der Waals surface area contributed by atoms with Crippen molar-refractivity contribution in [2.24, 2.45) is 0 Å². The molecule has 23 heavy (non-hydrogen) atoms. The van der Waals surface area contributed by atoms with E-state index >= 15 is 0 Å². The number of hydrogen-bond donors (Lipinski definition) is 1. The summed E-state index contributed by atoms with van der Waals surface area (Å²) in [5, 5.41) is 14.9. The van der Waals surface area contributed by atoms with E-state index in [-0.39, 0.29) is 5.88 Å². The van der Waals surface area contributed by atoms with Crippen molar-refractivity contribution in [1.82, 2.24) is 9.78 Å². The van der Waals surface area contributed by atoms with Crippen molar-refractivity contribution < 1.29 is 5.11 Å². The lowest BCUT2D eigenvalue weighted by molar-refractivity contribution is 0.449. The minimum absolute atomic E-state index is 0.101. The van der Waals surface area contributed by atoms with Gasteiger partial charge in [-0.1, -0.05) is 61.4 Å². The molecule has 3 rings (SSSR count). The average Bonchev–Trinajstić information content (AvgIpc) is 2.91. The third-order valence-corrected chi connectivity index (χ3v) is 4.07. The summed E-state index contributed by atoms with van der Waals surface area (Å²) in [6, 6.07) is 18.2. The van der Waals surface area contributed by atoms with E-state index < -0.39 is 0 Å². The highest BCUT2D eigenvalue weighted by Crippen LogP contribution is 2.34. The lowest BCUT2D eigenvalue weighted by atomic mass is 10.0. The van der Waals surface area contributed by atoms with Crippen LogP contribution in [0.15, 0.2) is 54.6 Å². The first-order valence-electron chi connectivity index (χ1n) is 8.14. The van der Waals surface area contributed by atoms with Gasteiger partial charge in [-0.15, -0.1) is 5.10 Å². The molecule has 3 aromatic rings. The summed E-state index contributed by atoms with van der Waals surface area (Å²) in [4.78, 5) is 0. The van der Waals surface area contributed by atoms with Crippen LogP contribution >= 0.6 is 0 Å². The molecule has 1 aromatic heterocycles. The van der Waals surface area contributed by atoms with Gasteiger partial charge in [0.15, 0.2) is 0 Å². The number of unbranched alkanes of at least 4 members (excludes halogenated alkanes) is 1. The second kappa shape index (κ2) is 6.69. The maximum absolute atomic E-state index is 10.5. The molecule has 0 aliphatic heterocycles. The lowest BCUT2D eigenvalue weighted by Crippen LogP contribution is -2.03. The van der Waals surface area contributed by atoms with Crippen LogP contribution in [0.1, 0.15) is 31.0 Å². The molecule has 0 aliphatic rings. The zero-order chi connectivity index (χ0) is 16.2. The third kappa shape index (κ3) is 3.14. The number of rotatable bonds is 5. The van der Waals surface area contributed by atoms with Gasteiger partial charge in [-0.25, -0.2) is 4.68 Å². The van der Waals surface area contributed by atoms with E-state index in [9.17, 15) is 5.11 Å². The summed E-state index contributed by atoms with van der Waals surface area (Å²) < 4.78 is 1.88. The highest BCUT2D eigenvalue weighted by Gasteiger charge is 2.19. The third-order valence-electron chi connectivity index (χ3n) is 4.07. The number of para-hydroxylation sites is 1. The molecule has 3 nitrogen and oxygen atoms in total. The molecule has 0 saturated carbocycles. The fourth-order valence-corrected chi connectivity index (χ4v) is 2.81. The zero-order valence-corrected chi connectivity index (χ0v) is 13.7. The molecule has 0 aliphatic carbocycles. The largest absolute Gasteiger partial charge is 0.492 e. The van der Waals surface area contributed by atoms with Crippen molar-refractivity contribution >= 4 is 0 Å². The van der Waals surface area contributed by atoms with Crippen molar-refractivity contribution in [1.29, 1.82) is 0 Å². The molecule has 1 heterocycles. The van der Waals surface area contributed by atoms with E-state index in [4.69, 9.17) is 0 Å². The second-order valence-corrected chi connectivity index (χ2v) is 5.86. The molecule has 0 saturated heterocycles. The summed E-state index contributed by atoms with van der Waals surface area (Å²) in [7, 11) is 0. The smallest absolute Gasteiger partial charge is 0.239 e. The summed E-state index contributed by atoms with van der Waals surface area (Å²) >= 11 is 0. The first kappa shape index (κ1) is 15.3. The molecule has 1 N–H and O–H groups in total. The Bertz CT molecular complexity index is 773. The van der Waals surface area contributed by atoms with E-state index in [1.54, 1.807) is 0 Å². The van der Waals surface area contributed by atoms with Gasteiger partial charge in [-0.2, -0.15) is 0 Å². The zero-order valence-electron chi connectivity index (χ0n) is 13.7. The second-order valence-electron chi connectivity index (χ2n) is 5.86. The highest BCUT2D eigenvalue weighted by atomic mass is 16.3. The Kier molecular flexibility index (Phi) is 4.47. The molecule has 0 unspecified atom stereocenters. The quantitative estimate of drug-likeness (QED) is 0.728. The molecular formula is C20H22N2O. The number of hydrogen-bond acceptors (Lipinski definition) is 2. The fraction of sp³-hybridized carbons (Fsp3) is 0.250. The molecule has 0 bridgehead atoms.